The molecule has 88 valence electrons. The molecule has 2 rings (SSSR count). The molecule has 0 bridgehead atoms. The first-order valence-corrected chi connectivity index (χ1v) is 6.20. The molecule has 1 fully saturated rings. The molecule has 1 aliphatic carbocycles. The molecular weight excluding hydrogens is 198 g/mol. The zero-order valence-corrected chi connectivity index (χ0v) is 9.95. The normalized spacial score (nSPS) is 17.4. The molecule has 0 amide bonds. The van der Waals surface area contributed by atoms with Gasteiger partial charge in [-0.3, -0.25) is 0 Å². The molecule has 2 N–H and O–H groups in total. The maximum atomic E-state index is 8.90. The van der Waals surface area contributed by atoms with Crippen LogP contribution in [-0.2, 0) is 6.54 Å². The summed E-state index contributed by atoms with van der Waals surface area (Å²) in [5.74, 6) is 1.18. The molecule has 1 aromatic rings. The predicted octanol–water partition coefficient (Wildman–Crippen LogP) is 2.28. The highest BCUT2D eigenvalue weighted by Gasteiger charge is 2.22. The number of nitrogens with one attached hydrogen (secondary N) is 1. The molecule has 0 saturated heterocycles. The minimum absolute atomic E-state index is 0.258. The number of aliphatic hydroxyl groups excluding tert-OH is 1. The number of benzene rings is 1. The van der Waals surface area contributed by atoms with E-state index in [1.54, 1.807) is 0 Å². The van der Waals surface area contributed by atoms with E-state index < -0.39 is 0 Å². The Morgan fingerprint density at radius 3 is 2.56 bits per heavy atom. The van der Waals surface area contributed by atoms with E-state index in [0.29, 0.717) is 5.92 Å². The minimum Gasteiger partial charge on any atom is -0.396 e. The van der Waals surface area contributed by atoms with Gasteiger partial charge in [-0.05, 0) is 35.8 Å². The van der Waals surface area contributed by atoms with Crippen molar-refractivity contribution in [2.24, 2.45) is 5.92 Å². The van der Waals surface area contributed by atoms with Crippen molar-refractivity contribution in [1.29, 1.82) is 0 Å². The van der Waals surface area contributed by atoms with Gasteiger partial charge < -0.3 is 10.4 Å². The third-order valence-electron chi connectivity index (χ3n) is 3.16. The van der Waals surface area contributed by atoms with Crippen LogP contribution in [0.15, 0.2) is 24.3 Å². The maximum absolute atomic E-state index is 8.90. The van der Waals surface area contributed by atoms with Gasteiger partial charge in [-0.25, -0.2) is 0 Å². The fourth-order valence-electron chi connectivity index (χ4n) is 1.85. The number of aliphatic hydroxyl groups is 1. The second-order valence-electron chi connectivity index (χ2n) is 4.93. The van der Waals surface area contributed by atoms with Gasteiger partial charge in [0.05, 0.1) is 0 Å². The first kappa shape index (κ1) is 11.6. The van der Waals surface area contributed by atoms with Crippen LogP contribution >= 0.6 is 0 Å². The second-order valence-corrected chi connectivity index (χ2v) is 4.93. The van der Waals surface area contributed by atoms with E-state index in [1.165, 1.54) is 24.0 Å². The van der Waals surface area contributed by atoms with Crippen molar-refractivity contribution in [1.82, 2.24) is 5.32 Å². The van der Waals surface area contributed by atoms with Gasteiger partial charge in [-0.1, -0.05) is 31.2 Å². The summed E-state index contributed by atoms with van der Waals surface area (Å²) in [4.78, 5) is 0. The average Bonchev–Trinajstić information content (AvgIpc) is 3.14. The van der Waals surface area contributed by atoms with Gasteiger partial charge >= 0.3 is 0 Å². The predicted molar refractivity (Wildman–Crippen MR) is 66.4 cm³/mol. The molecule has 0 aromatic heterocycles. The molecule has 16 heavy (non-hydrogen) atoms. The van der Waals surface area contributed by atoms with E-state index in [2.05, 4.69) is 29.6 Å². The SMILES string of the molecule is CC(CO)CNCc1ccc(C2CC2)cc1. The largest absolute Gasteiger partial charge is 0.396 e. The summed E-state index contributed by atoms with van der Waals surface area (Å²) < 4.78 is 0. The molecular formula is C14H21NO. The number of rotatable bonds is 6. The van der Waals surface area contributed by atoms with E-state index in [1.807, 2.05) is 6.92 Å². The summed E-state index contributed by atoms with van der Waals surface area (Å²) >= 11 is 0. The lowest BCUT2D eigenvalue weighted by molar-refractivity contribution is 0.233. The Kier molecular flexibility index (Phi) is 3.97. The van der Waals surface area contributed by atoms with Crippen molar-refractivity contribution < 1.29 is 5.11 Å². The van der Waals surface area contributed by atoms with Crippen molar-refractivity contribution in [2.45, 2.75) is 32.2 Å². The third kappa shape index (κ3) is 3.32. The summed E-state index contributed by atoms with van der Waals surface area (Å²) in [6, 6.07) is 8.93. The van der Waals surface area contributed by atoms with Crippen LogP contribution in [-0.4, -0.2) is 18.3 Å². The molecule has 1 aromatic carbocycles. The third-order valence-corrected chi connectivity index (χ3v) is 3.16. The van der Waals surface area contributed by atoms with Gasteiger partial charge in [0.2, 0.25) is 0 Å². The highest BCUT2D eigenvalue weighted by atomic mass is 16.3. The van der Waals surface area contributed by atoms with Crippen LogP contribution in [0.3, 0.4) is 0 Å². The maximum Gasteiger partial charge on any atom is 0.0468 e. The standard InChI is InChI=1S/C14H21NO/c1-11(10-16)8-15-9-12-2-4-13(5-3-12)14-6-7-14/h2-5,11,14-16H,6-10H2,1H3. The molecule has 1 saturated carbocycles. The van der Waals surface area contributed by atoms with Crippen LogP contribution in [0.4, 0.5) is 0 Å². The van der Waals surface area contributed by atoms with Crippen molar-refractivity contribution >= 4 is 0 Å². The molecule has 2 nitrogen and oxygen atoms in total. The lowest BCUT2D eigenvalue weighted by Crippen LogP contribution is -2.22. The molecule has 1 unspecified atom stereocenters. The van der Waals surface area contributed by atoms with E-state index in [0.717, 1.165) is 19.0 Å². The fraction of sp³-hybridized carbons (Fsp3) is 0.571. The first-order chi connectivity index (χ1) is 7.79. The van der Waals surface area contributed by atoms with Gasteiger partial charge in [-0.2, -0.15) is 0 Å². The number of hydrogen-bond acceptors (Lipinski definition) is 2. The summed E-state index contributed by atoms with van der Waals surface area (Å²) in [5.41, 5.74) is 2.82. The van der Waals surface area contributed by atoms with E-state index in [9.17, 15) is 0 Å². The lowest BCUT2D eigenvalue weighted by Gasteiger charge is -2.09. The molecule has 0 radical (unpaired) electrons. The smallest absolute Gasteiger partial charge is 0.0468 e. The van der Waals surface area contributed by atoms with Crippen LogP contribution in [0.25, 0.3) is 0 Å². The zero-order valence-electron chi connectivity index (χ0n) is 9.95. The van der Waals surface area contributed by atoms with Gasteiger partial charge in [0, 0.05) is 19.7 Å². The molecule has 0 aliphatic heterocycles. The van der Waals surface area contributed by atoms with Crippen LogP contribution in [0, 0.1) is 5.92 Å². The summed E-state index contributed by atoms with van der Waals surface area (Å²) in [6.07, 6.45) is 2.73. The Morgan fingerprint density at radius 1 is 1.31 bits per heavy atom. The first-order valence-electron chi connectivity index (χ1n) is 6.20. The molecule has 0 heterocycles. The van der Waals surface area contributed by atoms with Gasteiger partial charge in [0.25, 0.3) is 0 Å². The molecule has 1 atom stereocenters. The molecule has 0 spiro atoms. The van der Waals surface area contributed by atoms with Gasteiger partial charge in [0.15, 0.2) is 0 Å². The quantitative estimate of drug-likeness (QED) is 0.769. The van der Waals surface area contributed by atoms with Crippen LogP contribution in [0.2, 0.25) is 0 Å². The Hall–Kier alpha value is -0.860. The Balaban J connectivity index is 1.76. The molecule has 2 heteroatoms. The Labute approximate surface area is 97.7 Å². The second kappa shape index (κ2) is 5.46. The Bertz CT molecular complexity index is 316. The van der Waals surface area contributed by atoms with E-state index in [4.69, 9.17) is 5.11 Å². The van der Waals surface area contributed by atoms with Crippen molar-refractivity contribution in [3.63, 3.8) is 0 Å². The monoisotopic (exact) mass is 219 g/mol. The lowest BCUT2D eigenvalue weighted by atomic mass is 10.1. The van der Waals surface area contributed by atoms with Crippen LogP contribution < -0.4 is 5.32 Å². The molecule has 1 aliphatic rings. The topological polar surface area (TPSA) is 32.3 Å². The van der Waals surface area contributed by atoms with E-state index in [-0.39, 0.29) is 6.61 Å². The number of hydrogen-bond donors (Lipinski definition) is 2. The summed E-state index contributed by atoms with van der Waals surface area (Å²) in [5, 5.41) is 12.3. The summed E-state index contributed by atoms with van der Waals surface area (Å²) in [6.45, 7) is 4.08. The van der Waals surface area contributed by atoms with Gasteiger partial charge in [0.1, 0.15) is 0 Å². The van der Waals surface area contributed by atoms with E-state index >= 15 is 0 Å². The zero-order chi connectivity index (χ0) is 11.4. The van der Waals surface area contributed by atoms with Gasteiger partial charge in [-0.15, -0.1) is 0 Å². The van der Waals surface area contributed by atoms with Crippen molar-refractivity contribution in [3.8, 4) is 0 Å². The average molecular weight is 219 g/mol. The minimum atomic E-state index is 0.258. The van der Waals surface area contributed by atoms with Crippen LogP contribution in [0.5, 0.6) is 0 Å². The fourth-order valence-corrected chi connectivity index (χ4v) is 1.85. The van der Waals surface area contributed by atoms with Crippen LogP contribution in [0.1, 0.15) is 36.8 Å². The van der Waals surface area contributed by atoms with Crippen molar-refractivity contribution in [3.05, 3.63) is 35.4 Å². The highest BCUT2D eigenvalue weighted by molar-refractivity contribution is 5.27. The highest BCUT2D eigenvalue weighted by Crippen LogP contribution is 2.39. The van der Waals surface area contributed by atoms with Crippen molar-refractivity contribution in [2.75, 3.05) is 13.2 Å². The Morgan fingerprint density at radius 2 is 2.00 bits per heavy atom. The summed E-state index contributed by atoms with van der Waals surface area (Å²) in [7, 11) is 0.